The maximum Gasteiger partial charge on any atom is 0.261 e. The summed E-state index contributed by atoms with van der Waals surface area (Å²) in [5.74, 6) is 0.882. The number of aromatic nitrogens is 2. The van der Waals surface area contributed by atoms with Crippen LogP contribution in [-0.2, 0) is 7.05 Å². The van der Waals surface area contributed by atoms with Crippen molar-refractivity contribution in [2.45, 2.75) is 39.2 Å². The summed E-state index contributed by atoms with van der Waals surface area (Å²) in [6.45, 7) is 5.42. The second-order valence-corrected chi connectivity index (χ2v) is 5.24. The molecule has 2 aromatic rings. The van der Waals surface area contributed by atoms with Crippen LogP contribution >= 0.6 is 0 Å². The molecular formula is C16H24N3O+. The molecule has 0 aliphatic heterocycles. The summed E-state index contributed by atoms with van der Waals surface area (Å²) in [7, 11) is 1.83. The molecule has 2 N–H and O–H groups in total. The lowest BCUT2D eigenvalue weighted by Gasteiger charge is -2.16. The first kappa shape index (κ1) is 14.7. The standard InChI is InChI=1S/C16H23N3O/c1-4-6-11-17-13(5-2)15-18-14-10-8-7-9-12(14)16(20)19(15)3/h7-10,13,17H,4-6,11H2,1-3H3/p+1/t13-/m0/s1. The van der Waals surface area contributed by atoms with Crippen molar-refractivity contribution in [3.05, 3.63) is 40.4 Å². The Labute approximate surface area is 119 Å². The van der Waals surface area contributed by atoms with Gasteiger partial charge in [-0.15, -0.1) is 0 Å². The maximum absolute atomic E-state index is 12.4. The molecule has 0 saturated heterocycles. The van der Waals surface area contributed by atoms with E-state index in [0.29, 0.717) is 5.39 Å². The molecule has 4 nitrogen and oxygen atoms in total. The molecular weight excluding hydrogens is 250 g/mol. The Kier molecular flexibility index (Phi) is 4.90. The normalized spacial score (nSPS) is 12.8. The van der Waals surface area contributed by atoms with Crippen LogP contribution < -0.4 is 10.9 Å². The molecule has 1 atom stereocenters. The number of rotatable bonds is 6. The maximum atomic E-state index is 12.4. The molecule has 1 aromatic carbocycles. The van der Waals surface area contributed by atoms with Crippen molar-refractivity contribution in [2.24, 2.45) is 7.05 Å². The molecule has 0 aliphatic carbocycles. The van der Waals surface area contributed by atoms with Crippen molar-refractivity contribution in [3.63, 3.8) is 0 Å². The highest BCUT2D eigenvalue weighted by molar-refractivity contribution is 5.77. The van der Waals surface area contributed by atoms with Crippen molar-refractivity contribution >= 4 is 10.9 Å². The summed E-state index contributed by atoms with van der Waals surface area (Å²) in [4.78, 5) is 17.1. The minimum Gasteiger partial charge on any atom is -0.338 e. The molecule has 0 spiro atoms. The first-order valence-corrected chi connectivity index (χ1v) is 7.48. The van der Waals surface area contributed by atoms with E-state index in [1.165, 1.54) is 12.8 Å². The van der Waals surface area contributed by atoms with E-state index in [2.05, 4.69) is 19.2 Å². The molecule has 20 heavy (non-hydrogen) atoms. The predicted octanol–water partition coefficient (Wildman–Crippen LogP) is 1.75. The number of nitrogens with two attached hydrogens (primary N) is 1. The van der Waals surface area contributed by atoms with Gasteiger partial charge in [0.15, 0.2) is 5.82 Å². The molecule has 0 saturated carbocycles. The van der Waals surface area contributed by atoms with Gasteiger partial charge in [0.2, 0.25) is 0 Å². The van der Waals surface area contributed by atoms with E-state index in [4.69, 9.17) is 4.98 Å². The van der Waals surface area contributed by atoms with Crippen LogP contribution in [0.4, 0.5) is 0 Å². The van der Waals surface area contributed by atoms with Crippen LogP contribution in [0.5, 0.6) is 0 Å². The Morgan fingerprint density at radius 2 is 2.05 bits per heavy atom. The topological polar surface area (TPSA) is 51.5 Å². The zero-order chi connectivity index (χ0) is 14.5. The summed E-state index contributed by atoms with van der Waals surface area (Å²) >= 11 is 0. The van der Waals surface area contributed by atoms with E-state index < -0.39 is 0 Å². The Bertz CT molecular complexity index is 633. The minimum atomic E-state index is 0.0490. The highest BCUT2D eigenvalue weighted by atomic mass is 16.1. The zero-order valence-electron chi connectivity index (χ0n) is 12.6. The van der Waals surface area contributed by atoms with Crippen molar-refractivity contribution < 1.29 is 5.32 Å². The zero-order valence-corrected chi connectivity index (χ0v) is 12.6. The highest BCUT2D eigenvalue weighted by Gasteiger charge is 2.19. The molecule has 2 rings (SSSR count). The van der Waals surface area contributed by atoms with Gasteiger partial charge in [-0.3, -0.25) is 9.36 Å². The summed E-state index contributed by atoms with van der Waals surface area (Å²) in [6.07, 6.45) is 3.36. The smallest absolute Gasteiger partial charge is 0.261 e. The Balaban J connectivity index is 2.42. The van der Waals surface area contributed by atoms with Crippen LogP contribution in [0, 0.1) is 0 Å². The van der Waals surface area contributed by atoms with Crippen molar-refractivity contribution in [1.82, 2.24) is 9.55 Å². The molecule has 4 heteroatoms. The van der Waals surface area contributed by atoms with Crippen LogP contribution in [0.25, 0.3) is 10.9 Å². The van der Waals surface area contributed by atoms with Gasteiger partial charge in [-0.1, -0.05) is 32.4 Å². The number of nitrogens with zero attached hydrogens (tertiary/aromatic N) is 2. The Morgan fingerprint density at radius 3 is 2.75 bits per heavy atom. The number of hydrogen-bond donors (Lipinski definition) is 1. The van der Waals surface area contributed by atoms with E-state index in [1.54, 1.807) is 4.57 Å². The van der Waals surface area contributed by atoms with Crippen LogP contribution in [0.2, 0.25) is 0 Å². The van der Waals surface area contributed by atoms with Gasteiger partial charge in [0, 0.05) is 13.5 Å². The Morgan fingerprint density at radius 1 is 1.30 bits per heavy atom. The van der Waals surface area contributed by atoms with Crippen LogP contribution in [0.3, 0.4) is 0 Å². The van der Waals surface area contributed by atoms with E-state index in [0.717, 1.165) is 24.3 Å². The van der Waals surface area contributed by atoms with Crippen molar-refractivity contribution in [1.29, 1.82) is 0 Å². The van der Waals surface area contributed by atoms with Gasteiger partial charge < -0.3 is 5.32 Å². The number of benzene rings is 1. The molecule has 0 aliphatic rings. The molecule has 0 unspecified atom stereocenters. The van der Waals surface area contributed by atoms with E-state index in [-0.39, 0.29) is 11.6 Å². The van der Waals surface area contributed by atoms with Gasteiger partial charge in [0.1, 0.15) is 6.04 Å². The lowest BCUT2D eigenvalue weighted by atomic mass is 10.1. The molecule has 1 aromatic heterocycles. The van der Waals surface area contributed by atoms with Crippen LogP contribution in [-0.4, -0.2) is 16.1 Å². The van der Waals surface area contributed by atoms with Crippen LogP contribution in [0.1, 0.15) is 45.0 Å². The van der Waals surface area contributed by atoms with E-state index in [9.17, 15) is 4.79 Å². The minimum absolute atomic E-state index is 0.0490. The fraction of sp³-hybridized carbons (Fsp3) is 0.500. The molecule has 0 bridgehead atoms. The fourth-order valence-electron chi connectivity index (χ4n) is 2.54. The van der Waals surface area contributed by atoms with Gasteiger partial charge in [-0.05, 0) is 18.6 Å². The molecule has 1 heterocycles. The number of hydrogen-bond acceptors (Lipinski definition) is 2. The average Bonchev–Trinajstić information content (AvgIpc) is 2.48. The molecule has 0 fully saturated rings. The molecule has 0 amide bonds. The summed E-state index contributed by atoms with van der Waals surface area (Å²) in [6, 6.07) is 7.83. The lowest BCUT2D eigenvalue weighted by molar-refractivity contribution is -0.698. The third kappa shape index (κ3) is 2.90. The molecule has 0 radical (unpaired) electrons. The van der Waals surface area contributed by atoms with Gasteiger partial charge in [-0.25, -0.2) is 4.98 Å². The second-order valence-electron chi connectivity index (χ2n) is 5.24. The van der Waals surface area contributed by atoms with Crippen LogP contribution in [0.15, 0.2) is 29.1 Å². The van der Waals surface area contributed by atoms with E-state index >= 15 is 0 Å². The monoisotopic (exact) mass is 274 g/mol. The number of quaternary nitrogens is 1. The van der Waals surface area contributed by atoms with Gasteiger partial charge in [-0.2, -0.15) is 0 Å². The van der Waals surface area contributed by atoms with Gasteiger partial charge in [0.25, 0.3) is 5.56 Å². The quantitative estimate of drug-likeness (QED) is 0.816. The average molecular weight is 274 g/mol. The summed E-state index contributed by atoms with van der Waals surface area (Å²) in [5, 5.41) is 3.00. The Hall–Kier alpha value is -1.68. The van der Waals surface area contributed by atoms with Gasteiger partial charge >= 0.3 is 0 Å². The first-order chi connectivity index (χ1) is 9.69. The highest BCUT2D eigenvalue weighted by Crippen LogP contribution is 2.12. The molecule has 108 valence electrons. The summed E-state index contributed by atoms with van der Waals surface area (Å²) < 4.78 is 1.71. The van der Waals surface area contributed by atoms with E-state index in [1.807, 2.05) is 31.3 Å². The van der Waals surface area contributed by atoms with Crippen molar-refractivity contribution in [3.8, 4) is 0 Å². The third-order valence-electron chi connectivity index (χ3n) is 3.80. The lowest BCUT2D eigenvalue weighted by Crippen LogP contribution is -2.85. The third-order valence-corrected chi connectivity index (χ3v) is 3.80. The van der Waals surface area contributed by atoms with Crippen molar-refractivity contribution in [2.75, 3.05) is 6.54 Å². The van der Waals surface area contributed by atoms with Gasteiger partial charge in [0.05, 0.1) is 17.4 Å². The largest absolute Gasteiger partial charge is 0.338 e. The number of fused-ring (bicyclic) bond motifs is 1. The second kappa shape index (κ2) is 6.66. The number of para-hydroxylation sites is 1. The first-order valence-electron chi connectivity index (χ1n) is 7.48. The fourth-order valence-corrected chi connectivity index (χ4v) is 2.54. The summed E-state index contributed by atoms with van der Waals surface area (Å²) in [5.41, 5.74) is 0.848. The number of unbranched alkanes of at least 4 members (excludes halogenated alkanes) is 1. The SMILES string of the molecule is CCCC[NH2+][C@@H](CC)c1nc2ccccc2c(=O)n1C. The predicted molar refractivity (Wildman–Crippen MR) is 81.7 cm³/mol.